The minimum absolute atomic E-state index is 0.100. The molecule has 0 amide bonds. The lowest BCUT2D eigenvalue weighted by Crippen LogP contribution is -2.31. The highest BCUT2D eigenvalue weighted by atomic mass is 16.5. The standard InChI is InChI=1S/C12H22O4/c1-3-8(2)4-5-10(14)11-9(6-13)7-16-12(11)15/h8-11,13-14H,3-7H2,1-2H3. The molecule has 0 aromatic heterocycles. The second kappa shape index (κ2) is 6.21. The number of cyclic esters (lactones) is 1. The summed E-state index contributed by atoms with van der Waals surface area (Å²) >= 11 is 0. The van der Waals surface area contributed by atoms with Gasteiger partial charge in [-0.1, -0.05) is 20.3 Å². The summed E-state index contributed by atoms with van der Waals surface area (Å²) in [6.45, 7) is 4.37. The van der Waals surface area contributed by atoms with Crippen LogP contribution in [0.25, 0.3) is 0 Å². The van der Waals surface area contributed by atoms with Crippen molar-refractivity contribution in [3.05, 3.63) is 0 Å². The number of esters is 1. The maximum absolute atomic E-state index is 11.4. The number of ether oxygens (including phenoxy) is 1. The lowest BCUT2D eigenvalue weighted by atomic mass is 9.87. The van der Waals surface area contributed by atoms with Gasteiger partial charge in [0.2, 0.25) is 0 Å². The van der Waals surface area contributed by atoms with Crippen LogP contribution in [-0.4, -0.2) is 35.5 Å². The first-order chi connectivity index (χ1) is 7.60. The van der Waals surface area contributed by atoms with Gasteiger partial charge < -0.3 is 14.9 Å². The average Bonchev–Trinajstić information content (AvgIpc) is 2.66. The number of aliphatic hydroxyl groups excluding tert-OH is 2. The molecule has 0 aliphatic carbocycles. The fraction of sp³-hybridized carbons (Fsp3) is 0.917. The summed E-state index contributed by atoms with van der Waals surface area (Å²) in [7, 11) is 0. The van der Waals surface area contributed by atoms with E-state index in [0.29, 0.717) is 12.3 Å². The van der Waals surface area contributed by atoms with E-state index in [1.54, 1.807) is 0 Å². The summed E-state index contributed by atoms with van der Waals surface area (Å²) in [4.78, 5) is 11.4. The monoisotopic (exact) mass is 230 g/mol. The number of aliphatic hydroxyl groups is 2. The van der Waals surface area contributed by atoms with Crippen LogP contribution in [0.15, 0.2) is 0 Å². The summed E-state index contributed by atoms with van der Waals surface area (Å²) in [5.74, 6) is -0.580. The van der Waals surface area contributed by atoms with Gasteiger partial charge in [-0.2, -0.15) is 0 Å². The number of hydrogen-bond acceptors (Lipinski definition) is 4. The van der Waals surface area contributed by atoms with Gasteiger partial charge in [-0.25, -0.2) is 0 Å². The number of rotatable bonds is 6. The SMILES string of the molecule is CCC(C)CCC(O)C1C(=O)OCC1CO. The summed E-state index contributed by atoms with van der Waals surface area (Å²) < 4.78 is 4.86. The Morgan fingerprint density at radius 3 is 2.75 bits per heavy atom. The fourth-order valence-corrected chi connectivity index (χ4v) is 2.06. The van der Waals surface area contributed by atoms with Crippen molar-refractivity contribution in [1.29, 1.82) is 0 Å². The Morgan fingerprint density at radius 1 is 1.50 bits per heavy atom. The van der Waals surface area contributed by atoms with Crippen molar-refractivity contribution in [3.8, 4) is 0 Å². The molecule has 0 saturated carbocycles. The van der Waals surface area contributed by atoms with Crippen molar-refractivity contribution in [3.63, 3.8) is 0 Å². The van der Waals surface area contributed by atoms with E-state index in [4.69, 9.17) is 9.84 Å². The molecule has 4 nitrogen and oxygen atoms in total. The highest BCUT2D eigenvalue weighted by molar-refractivity contribution is 5.75. The molecule has 4 unspecified atom stereocenters. The molecule has 16 heavy (non-hydrogen) atoms. The van der Waals surface area contributed by atoms with Crippen LogP contribution in [0.2, 0.25) is 0 Å². The fourth-order valence-electron chi connectivity index (χ4n) is 2.06. The van der Waals surface area contributed by atoms with Crippen LogP contribution in [-0.2, 0) is 9.53 Å². The zero-order valence-electron chi connectivity index (χ0n) is 10.1. The van der Waals surface area contributed by atoms with Gasteiger partial charge in [0, 0.05) is 5.92 Å². The average molecular weight is 230 g/mol. The van der Waals surface area contributed by atoms with Crippen LogP contribution in [0.3, 0.4) is 0 Å². The van der Waals surface area contributed by atoms with Gasteiger partial charge in [-0.3, -0.25) is 4.79 Å². The molecule has 0 radical (unpaired) electrons. The lowest BCUT2D eigenvalue weighted by Gasteiger charge is -2.20. The molecule has 4 atom stereocenters. The third kappa shape index (κ3) is 3.19. The highest BCUT2D eigenvalue weighted by Crippen LogP contribution is 2.28. The van der Waals surface area contributed by atoms with Crippen LogP contribution in [0, 0.1) is 17.8 Å². The second-order valence-corrected chi connectivity index (χ2v) is 4.76. The van der Waals surface area contributed by atoms with Crippen molar-refractivity contribution in [2.24, 2.45) is 17.8 Å². The van der Waals surface area contributed by atoms with E-state index in [1.165, 1.54) is 0 Å². The first-order valence-electron chi connectivity index (χ1n) is 6.05. The van der Waals surface area contributed by atoms with Crippen LogP contribution in [0.1, 0.15) is 33.1 Å². The molecule has 1 aliphatic heterocycles. The molecular weight excluding hydrogens is 208 g/mol. The molecular formula is C12H22O4. The van der Waals surface area contributed by atoms with Crippen LogP contribution in [0.4, 0.5) is 0 Å². The zero-order valence-corrected chi connectivity index (χ0v) is 10.1. The van der Waals surface area contributed by atoms with Crippen LogP contribution < -0.4 is 0 Å². The smallest absolute Gasteiger partial charge is 0.312 e. The molecule has 1 aliphatic rings. The molecule has 1 heterocycles. The van der Waals surface area contributed by atoms with Crippen molar-refractivity contribution in [2.45, 2.75) is 39.2 Å². The van der Waals surface area contributed by atoms with Gasteiger partial charge >= 0.3 is 5.97 Å². The van der Waals surface area contributed by atoms with Crippen LogP contribution >= 0.6 is 0 Å². The summed E-state index contributed by atoms with van der Waals surface area (Å²) in [6.07, 6.45) is 1.90. The Kier molecular flexibility index (Phi) is 5.22. The molecule has 0 bridgehead atoms. The van der Waals surface area contributed by atoms with Gasteiger partial charge in [0.05, 0.1) is 25.2 Å². The largest absolute Gasteiger partial charge is 0.465 e. The normalized spacial score (nSPS) is 28.9. The minimum Gasteiger partial charge on any atom is -0.465 e. The molecule has 0 spiro atoms. The highest BCUT2D eigenvalue weighted by Gasteiger charge is 2.41. The quantitative estimate of drug-likeness (QED) is 0.667. The molecule has 0 aromatic carbocycles. The Labute approximate surface area is 96.6 Å². The van der Waals surface area contributed by atoms with Crippen molar-refractivity contribution in [1.82, 2.24) is 0 Å². The Hall–Kier alpha value is -0.610. The number of hydrogen-bond donors (Lipinski definition) is 2. The Morgan fingerprint density at radius 2 is 2.19 bits per heavy atom. The van der Waals surface area contributed by atoms with Gasteiger partial charge in [0.25, 0.3) is 0 Å². The van der Waals surface area contributed by atoms with E-state index < -0.39 is 12.0 Å². The number of carbonyl (C=O) groups is 1. The van der Waals surface area contributed by atoms with E-state index in [0.717, 1.165) is 12.8 Å². The first kappa shape index (κ1) is 13.5. The minimum atomic E-state index is -0.679. The van der Waals surface area contributed by atoms with E-state index in [9.17, 15) is 9.90 Å². The third-order valence-electron chi connectivity index (χ3n) is 3.52. The lowest BCUT2D eigenvalue weighted by molar-refractivity contribution is -0.144. The van der Waals surface area contributed by atoms with E-state index >= 15 is 0 Å². The second-order valence-electron chi connectivity index (χ2n) is 4.76. The van der Waals surface area contributed by atoms with Gasteiger partial charge in [-0.15, -0.1) is 0 Å². The van der Waals surface area contributed by atoms with E-state index in [-0.39, 0.29) is 25.1 Å². The summed E-state index contributed by atoms with van der Waals surface area (Å²) in [5.41, 5.74) is 0. The molecule has 1 rings (SSSR count). The molecule has 1 saturated heterocycles. The van der Waals surface area contributed by atoms with Crippen molar-refractivity contribution >= 4 is 5.97 Å². The van der Waals surface area contributed by atoms with Crippen molar-refractivity contribution in [2.75, 3.05) is 13.2 Å². The van der Waals surface area contributed by atoms with Crippen LogP contribution in [0.5, 0.6) is 0 Å². The summed E-state index contributed by atoms with van der Waals surface area (Å²) in [6, 6.07) is 0. The van der Waals surface area contributed by atoms with Gasteiger partial charge in [0.1, 0.15) is 0 Å². The van der Waals surface area contributed by atoms with E-state index in [2.05, 4.69) is 13.8 Å². The maximum atomic E-state index is 11.4. The zero-order chi connectivity index (χ0) is 12.1. The summed E-state index contributed by atoms with van der Waals surface area (Å²) in [5, 5.41) is 19.0. The maximum Gasteiger partial charge on any atom is 0.312 e. The molecule has 2 N–H and O–H groups in total. The predicted molar refractivity (Wildman–Crippen MR) is 59.7 cm³/mol. The van der Waals surface area contributed by atoms with Gasteiger partial charge in [-0.05, 0) is 18.8 Å². The Bertz CT molecular complexity index is 229. The molecule has 94 valence electrons. The number of carbonyl (C=O) groups excluding carboxylic acids is 1. The third-order valence-corrected chi connectivity index (χ3v) is 3.52. The predicted octanol–water partition coefficient (Wildman–Crippen LogP) is 0.955. The molecule has 4 heteroatoms. The first-order valence-corrected chi connectivity index (χ1v) is 6.05. The molecule has 0 aromatic rings. The Balaban J connectivity index is 2.45. The van der Waals surface area contributed by atoms with Crippen molar-refractivity contribution < 1.29 is 19.7 Å². The van der Waals surface area contributed by atoms with Gasteiger partial charge in [0.15, 0.2) is 0 Å². The molecule has 1 fully saturated rings. The van der Waals surface area contributed by atoms with E-state index in [1.807, 2.05) is 0 Å². The topological polar surface area (TPSA) is 66.8 Å².